The molecule has 0 amide bonds. The lowest BCUT2D eigenvalue weighted by molar-refractivity contribution is 0.614. The van der Waals surface area contributed by atoms with Crippen molar-refractivity contribution < 1.29 is 0 Å². The molecule has 2 aromatic carbocycles. The highest BCUT2D eigenvalue weighted by molar-refractivity contribution is 8.00. The average Bonchev–Trinajstić information content (AvgIpc) is 2.60. The first-order valence-electron chi connectivity index (χ1n) is 7.85. The minimum absolute atomic E-state index is 0.188. The van der Waals surface area contributed by atoms with E-state index in [2.05, 4.69) is 63.1 Å². The Bertz CT molecular complexity index is 709. The van der Waals surface area contributed by atoms with Gasteiger partial charge in [0.15, 0.2) is 0 Å². The monoisotopic (exact) mass is 410 g/mol. The van der Waals surface area contributed by atoms with Gasteiger partial charge in [0.25, 0.3) is 0 Å². The molecule has 0 aromatic heterocycles. The van der Waals surface area contributed by atoms with Crippen molar-refractivity contribution in [3.05, 3.63) is 35.4 Å². The van der Waals surface area contributed by atoms with Crippen LogP contribution in [0.15, 0.2) is 43.8 Å². The average molecular weight is 411 g/mol. The Balaban J connectivity index is 2.72. The van der Waals surface area contributed by atoms with Crippen molar-refractivity contribution in [1.29, 1.82) is 0 Å². The van der Waals surface area contributed by atoms with Crippen LogP contribution >= 0.6 is 47.0 Å². The lowest BCUT2D eigenvalue weighted by atomic mass is 9.77. The topological polar surface area (TPSA) is 52.0 Å². The summed E-state index contributed by atoms with van der Waals surface area (Å²) in [5.74, 6) is 0. The summed E-state index contributed by atoms with van der Waals surface area (Å²) in [7, 11) is 0. The first-order chi connectivity index (χ1) is 11.8. The number of hydrogen-bond donors (Lipinski definition) is 2. The molecule has 0 spiro atoms. The first-order valence-corrected chi connectivity index (χ1v) is 12.7. The minimum Gasteiger partial charge on any atom is -0.397 e. The van der Waals surface area contributed by atoms with Gasteiger partial charge in [-0.3, -0.25) is 0 Å². The van der Waals surface area contributed by atoms with Crippen molar-refractivity contribution in [2.24, 2.45) is 0 Å². The molecule has 0 unspecified atom stereocenters. The molecule has 2 aromatic rings. The standard InChI is InChI=1S/C19H26N2S4/c1-19(2,11-7-9-13(22-3)15(20)17(11)24-5)12-8-10-14(23-4)16(21)18(12)25-6/h7-10H,20-21H2,1-6H3. The Morgan fingerprint density at radius 2 is 1.00 bits per heavy atom. The van der Waals surface area contributed by atoms with Gasteiger partial charge in [-0.25, -0.2) is 0 Å². The van der Waals surface area contributed by atoms with Crippen molar-refractivity contribution >= 4 is 58.4 Å². The highest BCUT2D eigenvalue weighted by atomic mass is 32.2. The van der Waals surface area contributed by atoms with Crippen LogP contribution in [0.25, 0.3) is 0 Å². The summed E-state index contributed by atoms with van der Waals surface area (Å²) in [5, 5.41) is 0. The molecular weight excluding hydrogens is 384 g/mol. The fraction of sp³-hybridized carbons (Fsp3) is 0.368. The number of benzene rings is 2. The molecule has 136 valence electrons. The number of hydrogen-bond acceptors (Lipinski definition) is 6. The zero-order chi connectivity index (χ0) is 18.8. The van der Waals surface area contributed by atoms with Crippen LogP contribution in [0.1, 0.15) is 25.0 Å². The Hall–Kier alpha value is -0.560. The maximum absolute atomic E-state index is 6.45. The van der Waals surface area contributed by atoms with Gasteiger partial charge in [-0.15, -0.1) is 47.0 Å². The molecule has 0 aliphatic heterocycles. The molecular formula is C19H26N2S4. The summed E-state index contributed by atoms with van der Waals surface area (Å²) >= 11 is 6.82. The molecule has 25 heavy (non-hydrogen) atoms. The van der Waals surface area contributed by atoms with E-state index in [0.29, 0.717) is 0 Å². The van der Waals surface area contributed by atoms with E-state index in [1.54, 1.807) is 47.0 Å². The Morgan fingerprint density at radius 3 is 1.28 bits per heavy atom. The summed E-state index contributed by atoms with van der Waals surface area (Å²) in [6.45, 7) is 4.51. The normalized spacial score (nSPS) is 11.8. The third kappa shape index (κ3) is 3.77. The number of thioether (sulfide) groups is 4. The lowest BCUT2D eigenvalue weighted by Gasteiger charge is -2.32. The van der Waals surface area contributed by atoms with Crippen molar-refractivity contribution in [2.75, 3.05) is 36.5 Å². The SMILES string of the molecule is CSc1ccc(C(C)(C)c2ccc(SC)c(N)c2SC)c(SC)c1N. The van der Waals surface area contributed by atoms with E-state index in [9.17, 15) is 0 Å². The lowest BCUT2D eigenvalue weighted by Crippen LogP contribution is -2.22. The molecule has 0 aliphatic rings. The summed E-state index contributed by atoms with van der Waals surface area (Å²) in [4.78, 5) is 4.59. The van der Waals surface area contributed by atoms with Crippen LogP contribution in [0.4, 0.5) is 11.4 Å². The minimum atomic E-state index is -0.188. The van der Waals surface area contributed by atoms with E-state index in [1.165, 1.54) is 11.1 Å². The maximum Gasteiger partial charge on any atom is 0.0593 e. The second-order valence-corrected chi connectivity index (χ2v) is 9.48. The van der Waals surface area contributed by atoms with E-state index in [1.807, 2.05) is 0 Å². The van der Waals surface area contributed by atoms with Crippen molar-refractivity contribution in [2.45, 2.75) is 38.8 Å². The van der Waals surface area contributed by atoms with Gasteiger partial charge in [-0.1, -0.05) is 26.0 Å². The van der Waals surface area contributed by atoms with Gasteiger partial charge in [0, 0.05) is 25.0 Å². The molecule has 0 saturated carbocycles. The van der Waals surface area contributed by atoms with Gasteiger partial charge < -0.3 is 11.5 Å². The van der Waals surface area contributed by atoms with E-state index >= 15 is 0 Å². The zero-order valence-electron chi connectivity index (χ0n) is 15.6. The second kappa shape index (κ2) is 8.42. The Morgan fingerprint density at radius 1 is 0.640 bits per heavy atom. The summed E-state index contributed by atoms with van der Waals surface area (Å²) in [6, 6.07) is 8.71. The van der Waals surface area contributed by atoms with Gasteiger partial charge in [0.1, 0.15) is 0 Å². The summed E-state index contributed by atoms with van der Waals surface area (Å²) in [5.41, 5.74) is 17.0. The first kappa shape index (κ1) is 20.7. The maximum atomic E-state index is 6.45. The predicted octanol–water partition coefficient (Wildman–Crippen LogP) is 6.06. The van der Waals surface area contributed by atoms with Crippen LogP contribution in [0.3, 0.4) is 0 Å². The van der Waals surface area contributed by atoms with E-state index < -0.39 is 0 Å². The zero-order valence-corrected chi connectivity index (χ0v) is 18.9. The van der Waals surface area contributed by atoms with Gasteiger partial charge >= 0.3 is 0 Å². The molecule has 0 heterocycles. The van der Waals surface area contributed by atoms with Crippen LogP contribution in [-0.4, -0.2) is 25.0 Å². The number of nitrogen functional groups attached to an aromatic ring is 2. The molecule has 0 bridgehead atoms. The number of rotatable bonds is 6. The molecule has 0 radical (unpaired) electrons. The van der Waals surface area contributed by atoms with E-state index in [4.69, 9.17) is 11.5 Å². The van der Waals surface area contributed by atoms with Crippen molar-refractivity contribution in [3.63, 3.8) is 0 Å². The van der Waals surface area contributed by atoms with E-state index in [0.717, 1.165) is 31.0 Å². The summed E-state index contributed by atoms with van der Waals surface area (Å²) in [6.07, 6.45) is 8.31. The van der Waals surface area contributed by atoms with Crippen LogP contribution < -0.4 is 11.5 Å². The van der Waals surface area contributed by atoms with Crippen molar-refractivity contribution in [3.8, 4) is 0 Å². The smallest absolute Gasteiger partial charge is 0.0593 e. The van der Waals surface area contributed by atoms with Crippen molar-refractivity contribution in [1.82, 2.24) is 0 Å². The van der Waals surface area contributed by atoms with Crippen LogP contribution in [0.2, 0.25) is 0 Å². The molecule has 2 nitrogen and oxygen atoms in total. The number of anilines is 2. The summed E-state index contributed by atoms with van der Waals surface area (Å²) < 4.78 is 0. The van der Waals surface area contributed by atoms with Gasteiger partial charge in [0.2, 0.25) is 0 Å². The molecule has 0 atom stereocenters. The molecule has 0 aliphatic carbocycles. The second-order valence-electron chi connectivity index (χ2n) is 6.15. The molecule has 0 saturated heterocycles. The van der Waals surface area contributed by atoms with Gasteiger partial charge in [-0.05, 0) is 48.3 Å². The molecule has 0 fully saturated rings. The predicted molar refractivity (Wildman–Crippen MR) is 121 cm³/mol. The van der Waals surface area contributed by atoms with Crippen LogP contribution in [-0.2, 0) is 5.41 Å². The molecule has 2 rings (SSSR count). The van der Waals surface area contributed by atoms with Gasteiger partial charge in [0.05, 0.1) is 11.4 Å². The molecule has 6 heteroatoms. The Kier molecular flexibility index (Phi) is 6.99. The quantitative estimate of drug-likeness (QED) is 0.445. The highest BCUT2D eigenvalue weighted by Gasteiger charge is 2.30. The third-order valence-corrected chi connectivity index (χ3v) is 7.79. The largest absolute Gasteiger partial charge is 0.397 e. The fourth-order valence-electron chi connectivity index (χ4n) is 3.09. The van der Waals surface area contributed by atoms with Gasteiger partial charge in [-0.2, -0.15) is 0 Å². The Labute approximate surface area is 168 Å². The molecule has 4 N–H and O–H groups in total. The van der Waals surface area contributed by atoms with Crippen LogP contribution in [0.5, 0.6) is 0 Å². The van der Waals surface area contributed by atoms with Crippen LogP contribution in [0, 0.1) is 0 Å². The highest BCUT2D eigenvalue weighted by Crippen LogP contribution is 2.47. The number of nitrogens with two attached hydrogens (primary N) is 2. The van der Waals surface area contributed by atoms with E-state index in [-0.39, 0.29) is 5.41 Å². The fourth-order valence-corrected chi connectivity index (χ4v) is 6.02. The third-order valence-electron chi connectivity index (χ3n) is 4.51.